The molecule has 0 amide bonds. The highest BCUT2D eigenvalue weighted by Gasteiger charge is 2.28. The fraction of sp³-hybridized carbons (Fsp3) is 0.316. The average Bonchev–Trinajstić information content (AvgIpc) is 2.65. The van der Waals surface area contributed by atoms with E-state index < -0.39 is 19.5 Å². The van der Waals surface area contributed by atoms with Gasteiger partial charge in [0, 0.05) is 12.1 Å². The second-order valence-electron chi connectivity index (χ2n) is 6.34. The van der Waals surface area contributed by atoms with Gasteiger partial charge in [-0.25, -0.2) is 5.09 Å². The Balaban J connectivity index is 1.66. The van der Waals surface area contributed by atoms with Crippen LogP contribution >= 0.6 is 8.53 Å². The summed E-state index contributed by atoms with van der Waals surface area (Å²) >= 11 is 0. The van der Waals surface area contributed by atoms with Crippen molar-refractivity contribution >= 4 is 20.2 Å². The second kappa shape index (κ2) is 9.48. The molecule has 0 aliphatic heterocycles. The van der Waals surface area contributed by atoms with E-state index in [1.807, 2.05) is 18.2 Å². The highest BCUT2D eigenvalue weighted by atomic mass is 31.2. The predicted octanol–water partition coefficient (Wildman–Crippen LogP) is 4.35. The number of hydrogen-bond donors (Lipinski definition) is 1. The number of nitro benzene ring substituents is 1. The molecule has 9 heteroatoms. The van der Waals surface area contributed by atoms with Gasteiger partial charge < -0.3 is 13.8 Å². The van der Waals surface area contributed by atoms with Crippen molar-refractivity contribution in [2.45, 2.75) is 38.3 Å². The van der Waals surface area contributed by atoms with Gasteiger partial charge in [0.15, 0.2) is 0 Å². The summed E-state index contributed by atoms with van der Waals surface area (Å²) in [5.41, 5.74) is -0.0361. The highest BCUT2D eigenvalue weighted by molar-refractivity contribution is 7.45. The van der Waals surface area contributed by atoms with E-state index in [0.717, 1.165) is 19.3 Å². The molecule has 0 saturated heterocycles. The lowest BCUT2D eigenvalue weighted by molar-refractivity contribution is -0.384. The van der Waals surface area contributed by atoms with E-state index in [1.54, 1.807) is 19.1 Å². The first kappa shape index (κ1) is 20.0. The first-order valence-electron chi connectivity index (χ1n) is 8.93. The van der Waals surface area contributed by atoms with Gasteiger partial charge in [-0.05, 0) is 50.5 Å². The Labute approximate surface area is 163 Å². The van der Waals surface area contributed by atoms with E-state index in [9.17, 15) is 14.9 Å². The first-order chi connectivity index (χ1) is 13.5. The van der Waals surface area contributed by atoms with E-state index in [2.05, 4.69) is 5.09 Å². The van der Waals surface area contributed by atoms with Crippen molar-refractivity contribution in [3.8, 4) is 11.5 Å². The molecule has 8 nitrogen and oxygen atoms in total. The van der Waals surface area contributed by atoms with Gasteiger partial charge in [0.2, 0.25) is 0 Å². The number of carbonyl (C=O) groups is 1. The molecule has 0 aromatic heterocycles. The summed E-state index contributed by atoms with van der Waals surface area (Å²) in [4.78, 5) is 22.6. The van der Waals surface area contributed by atoms with E-state index in [1.165, 1.54) is 24.3 Å². The van der Waals surface area contributed by atoms with Crippen molar-refractivity contribution < 1.29 is 23.5 Å². The summed E-state index contributed by atoms with van der Waals surface area (Å²) in [5.74, 6) is 0.600. The largest absolute Gasteiger partial charge is 0.461 e. The van der Waals surface area contributed by atoms with Crippen LogP contribution in [0.4, 0.5) is 5.69 Å². The third-order valence-electron chi connectivity index (χ3n) is 4.16. The zero-order valence-electron chi connectivity index (χ0n) is 15.3. The normalized spacial score (nSPS) is 15.8. The SMILES string of the molecule is C[C@H](NP(Oc1ccccc1)Oc1ccc([N+](=O)[O-])cc1)C(=O)OC1CCC1. The molecule has 1 fully saturated rings. The Morgan fingerprint density at radius 3 is 2.25 bits per heavy atom. The van der Waals surface area contributed by atoms with Gasteiger partial charge in [-0.15, -0.1) is 0 Å². The molecule has 148 valence electrons. The molecule has 1 aliphatic carbocycles. The molecule has 3 rings (SSSR count). The molecule has 0 heterocycles. The van der Waals surface area contributed by atoms with Crippen LogP contribution in [0.2, 0.25) is 0 Å². The molecular formula is C19H21N2O6P. The third kappa shape index (κ3) is 5.65. The number of rotatable bonds is 9. The van der Waals surface area contributed by atoms with Crippen molar-refractivity contribution in [2.24, 2.45) is 0 Å². The molecule has 2 atom stereocenters. The maximum atomic E-state index is 12.2. The lowest BCUT2D eigenvalue weighted by Gasteiger charge is -2.27. The Hall–Kier alpha value is -2.70. The van der Waals surface area contributed by atoms with Crippen molar-refractivity contribution in [3.05, 3.63) is 64.7 Å². The van der Waals surface area contributed by atoms with E-state index in [0.29, 0.717) is 11.5 Å². The van der Waals surface area contributed by atoms with Crippen molar-refractivity contribution in [2.75, 3.05) is 0 Å². The first-order valence-corrected chi connectivity index (χ1v) is 10.1. The summed E-state index contributed by atoms with van der Waals surface area (Å²) in [7, 11) is -1.74. The Kier molecular flexibility index (Phi) is 6.79. The van der Waals surface area contributed by atoms with Gasteiger partial charge >= 0.3 is 14.5 Å². The monoisotopic (exact) mass is 404 g/mol. The maximum absolute atomic E-state index is 12.2. The quantitative estimate of drug-likeness (QED) is 0.287. The van der Waals surface area contributed by atoms with E-state index in [4.69, 9.17) is 13.8 Å². The van der Waals surface area contributed by atoms with Gasteiger partial charge in [0.05, 0.1) is 4.92 Å². The van der Waals surface area contributed by atoms with Crippen LogP contribution < -0.4 is 14.1 Å². The molecule has 2 aromatic carbocycles. The lowest BCUT2D eigenvalue weighted by Crippen LogP contribution is -2.37. The number of non-ortho nitro benzene ring substituents is 1. The molecule has 1 saturated carbocycles. The summed E-state index contributed by atoms with van der Waals surface area (Å²) in [6, 6.07) is 14.1. The lowest BCUT2D eigenvalue weighted by atomic mass is 9.96. The topological polar surface area (TPSA) is 99.9 Å². The van der Waals surface area contributed by atoms with Crippen LogP contribution in [0.25, 0.3) is 0 Å². The Morgan fingerprint density at radius 1 is 1.11 bits per heavy atom. The molecule has 28 heavy (non-hydrogen) atoms. The minimum Gasteiger partial charge on any atom is -0.461 e. The van der Waals surface area contributed by atoms with Gasteiger partial charge in [0.25, 0.3) is 5.69 Å². The number of nitro groups is 1. The zero-order chi connectivity index (χ0) is 19.9. The summed E-state index contributed by atoms with van der Waals surface area (Å²) in [5, 5.41) is 13.8. The van der Waals surface area contributed by atoms with Crippen LogP contribution in [0.5, 0.6) is 11.5 Å². The number of ether oxygens (including phenoxy) is 1. The van der Waals surface area contributed by atoms with E-state index in [-0.39, 0.29) is 17.8 Å². The van der Waals surface area contributed by atoms with Crippen LogP contribution in [-0.2, 0) is 9.53 Å². The van der Waals surface area contributed by atoms with Gasteiger partial charge in [-0.2, -0.15) is 0 Å². The van der Waals surface area contributed by atoms with Crippen molar-refractivity contribution in [1.82, 2.24) is 5.09 Å². The predicted molar refractivity (Wildman–Crippen MR) is 104 cm³/mol. The zero-order valence-corrected chi connectivity index (χ0v) is 16.2. The molecule has 0 bridgehead atoms. The Morgan fingerprint density at radius 2 is 1.71 bits per heavy atom. The fourth-order valence-corrected chi connectivity index (χ4v) is 3.53. The van der Waals surface area contributed by atoms with Crippen LogP contribution in [-0.4, -0.2) is 23.0 Å². The van der Waals surface area contributed by atoms with Gasteiger partial charge in [0.1, 0.15) is 23.6 Å². The Bertz CT molecular complexity index is 798. The van der Waals surface area contributed by atoms with E-state index >= 15 is 0 Å². The van der Waals surface area contributed by atoms with Gasteiger partial charge in [-0.3, -0.25) is 14.9 Å². The van der Waals surface area contributed by atoms with Crippen LogP contribution in [0.1, 0.15) is 26.2 Å². The third-order valence-corrected chi connectivity index (χ3v) is 5.51. The fourth-order valence-electron chi connectivity index (χ4n) is 2.34. The van der Waals surface area contributed by atoms with Crippen LogP contribution in [0, 0.1) is 10.1 Å². The van der Waals surface area contributed by atoms with Gasteiger partial charge in [-0.1, -0.05) is 18.2 Å². The van der Waals surface area contributed by atoms with Crippen molar-refractivity contribution in [1.29, 1.82) is 0 Å². The molecule has 1 aliphatic rings. The molecule has 2 aromatic rings. The van der Waals surface area contributed by atoms with Crippen LogP contribution in [0.3, 0.4) is 0 Å². The second-order valence-corrected chi connectivity index (χ2v) is 7.48. The number of carbonyl (C=O) groups excluding carboxylic acids is 1. The summed E-state index contributed by atoms with van der Waals surface area (Å²) in [6.07, 6.45) is 2.86. The molecular weight excluding hydrogens is 383 g/mol. The number of esters is 1. The highest BCUT2D eigenvalue weighted by Crippen LogP contribution is 2.38. The molecule has 0 radical (unpaired) electrons. The maximum Gasteiger partial charge on any atom is 0.382 e. The molecule has 1 N–H and O–H groups in total. The minimum absolute atomic E-state index is 0.00592. The summed E-state index contributed by atoms with van der Waals surface area (Å²) < 4.78 is 17.1. The number of benzene rings is 2. The van der Waals surface area contributed by atoms with Crippen LogP contribution in [0.15, 0.2) is 54.6 Å². The smallest absolute Gasteiger partial charge is 0.382 e. The number of para-hydroxylation sites is 1. The summed E-state index contributed by atoms with van der Waals surface area (Å²) in [6.45, 7) is 1.68. The molecule has 0 spiro atoms. The number of nitrogens with one attached hydrogen (secondary N) is 1. The standard InChI is InChI=1S/C19H21N2O6P/c1-14(19(22)25-16-8-5-9-16)20-28(26-17-6-3-2-4-7-17)27-18-12-10-15(11-13-18)21(23)24/h2-4,6-7,10-14,16,20H,5,8-9H2,1H3/t14-,28?/m0/s1. The minimum atomic E-state index is -1.74. The number of nitrogens with zero attached hydrogens (tertiary/aromatic N) is 1. The molecule has 1 unspecified atom stereocenters. The van der Waals surface area contributed by atoms with Crippen molar-refractivity contribution in [3.63, 3.8) is 0 Å². The number of hydrogen-bond acceptors (Lipinski definition) is 7. The average molecular weight is 404 g/mol.